The van der Waals surface area contributed by atoms with E-state index >= 15 is 0 Å². The minimum absolute atomic E-state index is 0.0913. The third kappa shape index (κ3) is 4.77. The van der Waals surface area contributed by atoms with Crippen molar-refractivity contribution < 1.29 is 19.1 Å². The lowest BCUT2D eigenvalue weighted by Crippen LogP contribution is -2.51. The average Bonchev–Trinajstić information content (AvgIpc) is 3.11. The summed E-state index contributed by atoms with van der Waals surface area (Å²) in [6, 6.07) is -0.735. The van der Waals surface area contributed by atoms with Gasteiger partial charge in [0.1, 0.15) is 5.60 Å². The molecule has 2 N–H and O–H groups in total. The number of Topliss-reactive ketones (excluding diaryl/α,β-unsaturated/α-hetero) is 1. The van der Waals surface area contributed by atoms with Crippen molar-refractivity contribution in [1.29, 1.82) is 0 Å². The van der Waals surface area contributed by atoms with Crippen LogP contribution in [0.15, 0.2) is 0 Å². The molecule has 3 unspecified atom stereocenters. The summed E-state index contributed by atoms with van der Waals surface area (Å²) in [5.74, 6) is -0.295. The van der Waals surface area contributed by atoms with Gasteiger partial charge < -0.3 is 15.4 Å². The molecule has 2 rings (SSSR count). The normalized spacial score (nSPS) is 27.8. The molecule has 24 heavy (non-hydrogen) atoms. The molecule has 2 fully saturated rings. The van der Waals surface area contributed by atoms with Crippen LogP contribution in [0.3, 0.4) is 0 Å². The fourth-order valence-corrected chi connectivity index (χ4v) is 3.09. The van der Waals surface area contributed by atoms with Gasteiger partial charge in [-0.05, 0) is 45.7 Å². The van der Waals surface area contributed by atoms with Crippen LogP contribution in [-0.2, 0) is 19.1 Å². The first kappa shape index (κ1) is 18.9. The van der Waals surface area contributed by atoms with Crippen molar-refractivity contribution in [1.82, 2.24) is 15.5 Å². The Balaban J connectivity index is 1.83. The molecular formula is C17H29N3O4. The van der Waals surface area contributed by atoms with E-state index in [1.807, 2.05) is 25.8 Å². The summed E-state index contributed by atoms with van der Waals surface area (Å²) in [5.41, 5.74) is -0.761. The van der Waals surface area contributed by atoms with Crippen LogP contribution < -0.4 is 10.6 Å². The van der Waals surface area contributed by atoms with Gasteiger partial charge in [0.25, 0.3) is 0 Å². The maximum Gasteiger partial charge on any atom is 0.239 e. The van der Waals surface area contributed by atoms with E-state index < -0.39 is 11.6 Å². The maximum absolute atomic E-state index is 12.5. The molecule has 0 bridgehead atoms. The van der Waals surface area contributed by atoms with E-state index in [4.69, 9.17) is 4.74 Å². The summed E-state index contributed by atoms with van der Waals surface area (Å²) in [7, 11) is 1.91. The number of rotatable bonds is 8. The molecule has 7 nitrogen and oxygen atoms in total. The number of hydrogen-bond donors (Lipinski definition) is 2. The lowest BCUT2D eigenvalue weighted by molar-refractivity contribution is -0.131. The molecule has 136 valence electrons. The van der Waals surface area contributed by atoms with Crippen molar-refractivity contribution in [3.63, 3.8) is 0 Å². The number of likely N-dealkylation sites (N-methyl/N-ethyl adjacent to an activating group) is 1. The quantitative estimate of drug-likeness (QED) is 0.612. The molecule has 0 radical (unpaired) electrons. The van der Waals surface area contributed by atoms with Crippen LogP contribution in [0.1, 0.15) is 40.0 Å². The summed E-state index contributed by atoms with van der Waals surface area (Å²) in [6.07, 6.45) is 2.36. The third-order valence-corrected chi connectivity index (χ3v) is 4.70. The van der Waals surface area contributed by atoms with Crippen molar-refractivity contribution in [3.8, 4) is 0 Å². The summed E-state index contributed by atoms with van der Waals surface area (Å²) in [5, 5.41) is 5.43. The molecule has 0 aromatic rings. The van der Waals surface area contributed by atoms with Crippen molar-refractivity contribution in [3.05, 3.63) is 0 Å². The van der Waals surface area contributed by atoms with Crippen LogP contribution >= 0.6 is 0 Å². The number of nitrogens with zero attached hydrogens (tertiary/aromatic N) is 1. The monoisotopic (exact) mass is 339 g/mol. The Labute approximate surface area is 143 Å². The fourth-order valence-electron chi connectivity index (χ4n) is 3.09. The Hall–Kier alpha value is -1.47. The molecule has 7 heteroatoms. The minimum atomic E-state index is -0.761. The van der Waals surface area contributed by atoms with Gasteiger partial charge in [0.15, 0.2) is 5.78 Å². The first-order valence-electron chi connectivity index (χ1n) is 8.68. The van der Waals surface area contributed by atoms with Crippen LogP contribution in [0.5, 0.6) is 0 Å². The second-order valence-electron chi connectivity index (χ2n) is 7.49. The lowest BCUT2D eigenvalue weighted by Gasteiger charge is -2.22. The number of likely N-dealkylation sites (tertiary alicyclic amines) is 1. The van der Waals surface area contributed by atoms with Gasteiger partial charge in [0, 0.05) is 0 Å². The predicted octanol–water partition coefficient (Wildman–Crippen LogP) is 0.0857. The highest BCUT2D eigenvalue weighted by Gasteiger charge is 2.50. The molecule has 2 heterocycles. The predicted molar refractivity (Wildman–Crippen MR) is 89.4 cm³/mol. The van der Waals surface area contributed by atoms with E-state index in [1.54, 1.807) is 6.92 Å². The summed E-state index contributed by atoms with van der Waals surface area (Å²) in [4.78, 5) is 38.7. The molecule has 3 atom stereocenters. The average molecular weight is 339 g/mol. The van der Waals surface area contributed by atoms with Gasteiger partial charge in [-0.2, -0.15) is 0 Å². The second-order valence-corrected chi connectivity index (χ2v) is 7.49. The van der Waals surface area contributed by atoms with Gasteiger partial charge in [-0.3, -0.25) is 19.3 Å². The number of carbonyl (C=O) groups is 3. The number of ketones is 1. The number of hydrogen-bond acceptors (Lipinski definition) is 5. The minimum Gasteiger partial charge on any atom is -0.361 e. The Morgan fingerprint density at radius 3 is 2.50 bits per heavy atom. The van der Waals surface area contributed by atoms with E-state index in [2.05, 4.69) is 10.6 Å². The zero-order chi connectivity index (χ0) is 17.9. The first-order valence-corrected chi connectivity index (χ1v) is 8.68. The molecule has 2 aliphatic heterocycles. The molecule has 0 spiro atoms. The molecule has 0 aromatic heterocycles. The molecule has 0 aromatic carbocycles. The van der Waals surface area contributed by atoms with Crippen LogP contribution in [0, 0.1) is 5.92 Å². The van der Waals surface area contributed by atoms with Crippen molar-refractivity contribution in [2.45, 2.75) is 57.7 Å². The standard InChI is InChI=1S/C17H29N3O4/c1-11(2)8-12(15(22)17(3)10-24-17)19-14(21)9-18-16(23)13-6-5-7-20(13)4/h11-13H,5-10H2,1-4H3,(H,18,23)(H,19,21). The van der Waals surface area contributed by atoms with Gasteiger partial charge in [-0.1, -0.05) is 13.8 Å². The Kier molecular flexibility index (Phi) is 5.98. The smallest absolute Gasteiger partial charge is 0.239 e. The summed E-state index contributed by atoms with van der Waals surface area (Å²) < 4.78 is 5.20. The fraction of sp³-hybridized carbons (Fsp3) is 0.824. The van der Waals surface area contributed by atoms with E-state index in [0.29, 0.717) is 13.0 Å². The number of carbonyl (C=O) groups excluding carboxylic acids is 3. The first-order chi connectivity index (χ1) is 11.2. The van der Waals surface area contributed by atoms with Crippen LogP contribution in [0.4, 0.5) is 0 Å². The zero-order valence-corrected chi connectivity index (χ0v) is 15.1. The van der Waals surface area contributed by atoms with Gasteiger partial charge in [0.05, 0.1) is 25.2 Å². The van der Waals surface area contributed by atoms with Gasteiger partial charge in [0.2, 0.25) is 11.8 Å². The molecule has 0 saturated carbocycles. The second kappa shape index (κ2) is 7.61. The Bertz CT molecular complexity index is 502. The topological polar surface area (TPSA) is 91.0 Å². The lowest BCUT2D eigenvalue weighted by atomic mass is 9.93. The van der Waals surface area contributed by atoms with E-state index in [9.17, 15) is 14.4 Å². The van der Waals surface area contributed by atoms with Crippen molar-refractivity contribution >= 4 is 17.6 Å². The van der Waals surface area contributed by atoms with E-state index in [-0.39, 0.29) is 36.1 Å². The molecule has 2 saturated heterocycles. The number of epoxide rings is 1. The van der Waals surface area contributed by atoms with Gasteiger partial charge in [-0.15, -0.1) is 0 Å². The van der Waals surface area contributed by atoms with Gasteiger partial charge >= 0.3 is 0 Å². The highest BCUT2D eigenvalue weighted by atomic mass is 16.6. The number of nitrogens with one attached hydrogen (secondary N) is 2. The highest BCUT2D eigenvalue weighted by molar-refractivity contribution is 5.97. The third-order valence-electron chi connectivity index (χ3n) is 4.70. The van der Waals surface area contributed by atoms with Crippen molar-refractivity contribution in [2.24, 2.45) is 5.92 Å². The summed E-state index contributed by atoms with van der Waals surface area (Å²) >= 11 is 0. The van der Waals surface area contributed by atoms with Crippen LogP contribution in [-0.4, -0.2) is 66.9 Å². The number of ether oxygens (including phenoxy) is 1. The largest absolute Gasteiger partial charge is 0.361 e. The SMILES string of the molecule is CC(C)CC(NC(=O)CNC(=O)C1CCCN1C)C(=O)C1(C)CO1. The molecule has 2 amide bonds. The maximum atomic E-state index is 12.5. The van der Waals surface area contributed by atoms with Crippen molar-refractivity contribution in [2.75, 3.05) is 26.7 Å². The summed E-state index contributed by atoms with van der Waals surface area (Å²) in [6.45, 7) is 6.93. The van der Waals surface area contributed by atoms with E-state index in [0.717, 1.165) is 19.4 Å². The molecule has 0 aliphatic carbocycles. The van der Waals surface area contributed by atoms with Crippen LogP contribution in [0.2, 0.25) is 0 Å². The van der Waals surface area contributed by atoms with Gasteiger partial charge in [-0.25, -0.2) is 0 Å². The molecule has 2 aliphatic rings. The highest BCUT2D eigenvalue weighted by Crippen LogP contribution is 2.29. The van der Waals surface area contributed by atoms with Crippen LogP contribution in [0.25, 0.3) is 0 Å². The Morgan fingerprint density at radius 2 is 2.00 bits per heavy atom. The zero-order valence-electron chi connectivity index (χ0n) is 15.1. The van der Waals surface area contributed by atoms with E-state index in [1.165, 1.54) is 0 Å². The number of amides is 2. The molecular weight excluding hydrogens is 310 g/mol. The Morgan fingerprint density at radius 1 is 1.33 bits per heavy atom.